The first kappa shape index (κ1) is 20.3. The molecule has 8 heteroatoms. The summed E-state index contributed by atoms with van der Waals surface area (Å²) in [7, 11) is 3.32. The van der Waals surface area contributed by atoms with Gasteiger partial charge in [0.2, 0.25) is 5.91 Å². The molecule has 1 aromatic heterocycles. The van der Waals surface area contributed by atoms with Gasteiger partial charge in [0.15, 0.2) is 0 Å². The van der Waals surface area contributed by atoms with Gasteiger partial charge in [-0.3, -0.25) is 14.7 Å². The Morgan fingerprint density at radius 2 is 1.97 bits per heavy atom. The Hall–Kier alpha value is -3.03. The van der Waals surface area contributed by atoms with Crippen LogP contribution in [-0.2, 0) is 11.3 Å². The van der Waals surface area contributed by atoms with Crippen LogP contribution < -0.4 is 9.47 Å². The normalized spacial score (nSPS) is 16.9. The summed E-state index contributed by atoms with van der Waals surface area (Å²) in [4.78, 5) is 29.0. The van der Waals surface area contributed by atoms with Crippen LogP contribution in [0.3, 0.4) is 0 Å². The van der Waals surface area contributed by atoms with Crippen molar-refractivity contribution < 1.29 is 19.1 Å². The number of carbonyl (C=O) groups is 2. The van der Waals surface area contributed by atoms with Gasteiger partial charge in [-0.05, 0) is 37.1 Å². The van der Waals surface area contributed by atoms with Gasteiger partial charge in [-0.1, -0.05) is 0 Å². The van der Waals surface area contributed by atoms with Crippen molar-refractivity contribution in [3.8, 4) is 11.5 Å². The molecule has 1 saturated carbocycles. The molecule has 160 valence electrons. The minimum atomic E-state index is -0.153. The van der Waals surface area contributed by atoms with Crippen molar-refractivity contribution >= 4 is 11.8 Å². The molecule has 1 saturated heterocycles. The van der Waals surface area contributed by atoms with Crippen molar-refractivity contribution in [1.29, 1.82) is 0 Å². The van der Waals surface area contributed by atoms with Gasteiger partial charge >= 0.3 is 0 Å². The summed E-state index contributed by atoms with van der Waals surface area (Å²) in [5.74, 6) is 1.53. The summed E-state index contributed by atoms with van der Waals surface area (Å²) in [6.45, 7) is 1.83. The Labute approximate surface area is 176 Å². The molecule has 0 radical (unpaired) electrons. The number of nitrogens with one attached hydrogen (secondary N) is 1. The third kappa shape index (κ3) is 4.58. The number of piperidine rings is 1. The lowest BCUT2D eigenvalue weighted by Crippen LogP contribution is -2.42. The number of hydrogen-bond acceptors (Lipinski definition) is 5. The zero-order valence-electron chi connectivity index (χ0n) is 17.5. The minimum absolute atomic E-state index is 0.0221. The van der Waals surface area contributed by atoms with Crippen LogP contribution in [0.15, 0.2) is 30.5 Å². The molecule has 2 fully saturated rings. The highest BCUT2D eigenvalue weighted by Gasteiger charge is 2.35. The van der Waals surface area contributed by atoms with Crippen molar-refractivity contribution in [3.05, 3.63) is 41.7 Å². The first-order chi connectivity index (χ1) is 14.5. The highest BCUT2D eigenvalue weighted by atomic mass is 16.5. The second kappa shape index (κ2) is 8.77. The number of H-pyrrole nitrogens is 1. The molecule has 30 heavy (non-hydrogen) atoms. The molecule has 1 aliphatic heterocycles. The first-order valence-electron chi connectivity index (χ1n) is 10.4. The van der Waals surface area contributed by atoms with Crippen LogP contribution in [-0.4, -0.2) is 65.2 Å². The second-order valence-corrected chi connectivity index (χ2v) is 8.02. The molecule has 2 heterocycles. The predicted molar refractivity (Wildman–Crippen MR) is 110 cm³/mol. The Balaban J connectivity index is 1.44. The van der Waals surface area contributed by atoms with E-state index in [1.54, 1.807) is 43.5 Å². The maximum absolute atomic E-state index is 13.1. The lowest BCUT2D eigenvalue weighted by Gasteiger charge is -2.33. The Kier molecular flexibility index (Phi) is 5.92. The Morgan fingerprint density at radius 3 is 2.60 bits per heavy atom. The fourth-order valence-corrected chi connectivity index (χ4v) is 3.77. The highest BCUT2D eigenvalue weighted by molar-refractivity contribution is 5.97. The standard InChI is InChI=1S/C22H28N4O4/c1-25(14-16-7-10-23-24-16)22(28)19-13-18(29-2)5-6-20(19)30-17-8-11-26(12-9-17)21(27)15-3-4-15/h5-7,10,13,15,17H,3-4,8-9,11-12,14H2,1-2H3,(H,23,24). The molecule has 1 N–H and O–H groups in total. The van der Waals surface area contributed by atoms with Gasteiger partial charge < -0.3 is 19.3 Å². The van der Waals surface area contributed by atoms with E-state index in [1.807, 2.05) is 11.0 Å². The SMILES string of the molecule is COc1ccc(OC2CCN(C(=O)C3CC3)CC2)c(C(=O)N(C)Cc2ccn[nH]2)c1. The zero-order chi connectivity index (χ0) is 21.1. The Morgan fingerprint density at radius 1 is 1.20 bits per heavy atom. The lowest BCUT2D eigenvalue weighted by molar-refractivity contribution is -0.134. The molecule has 8 nitrogen and oxygen atoms in total. The number of ether oxygens (including phenoxy) is 2. The fourth-order valence-electron chi connectivity index (χ4n) is 3.77. The molecule has 2 aliphatic rings. The van der Waals surface area contributed by atoms with Crippen molar-refractivity contribution in [3.63, 3.8) is 0 Å². The van der Waals surface area contributed by atoms with Crippen molar-refractivity contribution in [1.82, 2.24) is 20.0 Å². The summed E-state index contributed by atoms with van der Waals surface area (Å²) >= 11 is 0. The summed E-state index contributed by atoms with van der Waals surface area (Å²) in [5, 5.41) is 6.80. The molecule has 0 unspecified atom stereocenters. The van der Waals surface area contributed by atoms with E-state index in [1.165, 1.54) is 0 Å². The monoisotopic (exact) mass is 412 g/mol. The summed E-state index contributed by atoms with van der Waals surface area (Å²) in [6, 6.07) is 7.14. The van der Waals surface area contributed by atoms with Gasteiger partial charge in [0.25, 0.3) is 5.91 Å². The third-order valence-corrected chi connectivity index (χ3v) is 5.70. The predicted octanol–water partition coefficient (Wildman–Crippen LogP) is 2.47. The van der Waals surface area contributed by atoms with E-state index >= 15 is 0 Å². The zero-order valence-corrected chi connectivity index (χ0v) is 17.5. The number of aromatic amines is 1. The summed E-state index contributed by atoms with van der Waals surface area (Å²) in [6.07, 6.45) is 5.22. The van der Waals surface area contributed by atoms with Crippen LogP contribution in [0.1, 0.15) is 41.7 Å². The molecule has 0 bridgehead atoms. The van der Waals surface area contributed by atoms with Gasteiger partial charge in [0.05, 0.1) is 24.9 Å². The van der Waals surface area contributed by atoms with Gasteiger partial charge in [0, 0.05) is 45.1 Å². The van der Waals surface area contributed by atoms with E-state index < -0.39 is 0 Å². The Bertz CT molecular complexity index is 887. The smallest absolute Gasteiger partial charge is 0.257 e. The molecular formula is C22H28N4O4. The van der Waals surface area contributed by atoms with E-state index in [-0.39, 0.29) is 23.8 Å². The van der Waals surface area contributed by atoms with Gasteiger partial charge in [0.1, 0.15) is 17.6 Å². The maximum atomic E-state index is 13.1. The number of hydrogen-bond donors (Lipinski definition) is 1. The number of rotatable bonds is 7. The summed E-state index contributed by atoms with van der Waals surface area (Å²) in [5.41, 5.74) is 1.32. The quantitative estimate of drug-likeness (QED) is 0.755. The average Bonchev–Trinajstić information content (AvgIpc) is 3.50. The largest absolute Gasteiger partial charge is 0.497 e. The summed E-state index contributed by atoms with van der Waals surface area (Å²) < 4.78 is 11.6. The molecule has 2 amide bonds. The topological polar surface area (TPSA) is 87.8 Å². The van der Waals surface area contributed by atoms with Crippen LogP contribution >= 0.6 is 0 Å². The van der Waals surface area contributed by atoms with Crippen LogP contribution in [0.2, 0.25) is 0 Å². The molecule has 2 aromatic rings. The van der Waals surface area contributed by atoms with Crippen LogP contribution in [0.25, 0.3) is 0 Å². The van der Waals surface area contributed by atoms with E-state index in [0.717, 1.165) is 31.4 Å². The maximum Gasteiger partial charge on any atom is 0.257 e. The molecule has 0 spiro atoms. The third-order valence-electron chi connectivity index (χ3n) is 5.70. The number of benzene rings is 1. The van der Waals surface area contributed by atoms with Crippen molar-refractivity contribution in [2.45, 2.75) is 38.3 Å². The minimum Gasteiger partial charge on any atom is -0.497 e. The van der Waals surface area contributed by atoms with Crippen molar-refractivity contribution in [2.24, 2.45) is 5.92 Å². The fraction of sp³-hybridized carbons (Fsp3) is 0.500. The lowest BCUT2D eigenvalue weighted by atomic mass is 10.1. The van der Waals surface area contributed by atoms with Crippen LogP contribution in [0.4, 0.5) is 0 Å². The van der Waals surface area contributed by atoms with E-state index in [0.29, 0.717) is 36.7 Å². The first-order valence-corrected chi connectivity index (χ1v) is 10.4. The van der Waals surface area contributed by atoms with Gasteiger partial charge in [-0.2, -0.15) is 5.10 Å². The molecule has 1 aliphatic carbocycles. The van der Waals surface area contributed by atoms with Crippen LogP contribution in [0, 0.1) is 5.92 Å². The van der Waals surface area contributed by atoms with E-state index in [9.17, 15) is 9.59 Å². The van der Waals surface area contributed by atoms with E-state index in [4.69, 9.17) is 9.47 Å². The molecule has 0 atom stereocenters. The number of likely N-dealkylation sites (tertiary alicyclic amines) is 1. The number of aromatic nitrogens is 2. The van der Waals surface area contributed by atoms with Gasteiger partial charge in [-0.15, -0.1) is 0 Å². The molecular weight excluding hydrogens is 384 g/mol. The number of carbonyl (C=O) groups excluding carboxylic acids is 2. The van der Waals surface area contributed by atoms with Gasteiger partial charge in [-0.25, -0.2) is 0 Å². The highest BCUT2D eigenvalue weighted by Crippen LogP contribution is 2.33. The molecule has 1 aromatic carbocycles. The molecule has 4 rings (SSSR count). The van der Waals surface area contributed by atoms with E-state index in [2.05, 4.69) is 10.2 Å². The number of amides is 2. The average molecular weight is 412 g/mol. The van der Waals surface area contributed by atoms with Crippen molar-refractivity contribution in [2.75, 3.05) is 27.2 Å². The second-order valence-electron chi connectivity index (χ2n) is 8.02. The number of nitrogens with zero attached hydrogens (tertiary/aromatic N) is 3. The number of methoxy groups -OCH3 is 1. The van der Waals surface area contributed by atoms with Crippen LogP contribution in [0.5, 0.6) is 11.5 Å².